The van der Waals surface area contributed by atoms with E-state index in [1.165, 1.54) is 11.8 Å². The molecule has 0 N–H and O–H groups in total. The van der Waals surface area contributed by atoms with Crippen LogP contribution in [0.4, 0.5) is 0 Å². The fourth-order valence-corrected chi connectivity index (χ4v) is 4.85. The Hall–Kier alpha value is -0.910. The molecule has 116 valence electrons. The molecule has 0 bridgehead atoms. The zero-order valence-corrected chi connectivity index (χ0v) is 13.4. The predicted molar refractivity (Wildman–Crippen MR) is 84.4 cm³/mol. The van der Waals surface area contributed by atoms with E-state index in [4.69, 9.17) is 0 Å². The lowest BCUT2D eigenvalue weighted by Crippen LogP contribution is -2.47. The van der Waals surface area contributed by atoms with Crippen LogP contribution in [-0.2, 0) is 16.6 Å². The molecule has 0 aromatic heterocycles. The molecule has 0 radical (unpaired) electrons. The van der Waals surface area contributed by atoms with Gasteiger partial charge in [-0.1, -0.05) is 30.3 Å². The molecule has 1 heterocycles. The lowest BCUT2D eigenvalue weighted by atomic mass is 10.0. The Morgan fingerprint density at radius 1 is 1.05 bits per heavy atom. The summed E-state index contributed by atoms with van der Waals surface area (Å²) in [5, 5.41) is 0. The summed E-state index contributed by atoms with van der Waals surface area (Å²) in [6.07, 6.45) is 5.35. The van der Waals surface area contributed by atoms with Crippen LogP contribution in [0.3, 0.4) is 0 Å². The van der Waals surface area contributed by atoms with E-state index < -0.39 is 10.0 Å². The first-order chi connectivity index (χ1) is 10.0. The topological polar surface area (TPSA) is 40.6 Å². The molecule has 1 aromatic rings. The van der Waals surface area contributed by atoms with Crippen molar-refractivity contribution in [2.45, 2.75) is 44.3 Å². The van der Waals surface area contributed by atoms with Crippen molar-refractivity contribution in [3.05, 3.63) is 35.9 Å². The molecule has 0 atom stereocenters. The van der Waals surface area contributed by atoms with Gasteiger partial charge in [0.15, 0.2) is 0 Å². The van der Waals surface area contributed by atoms with Gasteiger partial charge in [0.1, 0.15) is 0 Å². The Balaban J connectivity index is 1.57. The van der Waals surface area contributed by atoms with E-state index in [2.05, 4.69) is 29.2 Å². The van der Waals surface area contributed by atoms with Gasteiger partial charge >= 0.3 is 0 Å². The van der Waals surface area contributed by atoms with Crippen molar-refractivity contribution in [2.75, 3.05) is 19.3 Å². The van der Waals surface area contributed by atoms with Crippen LogP contribution in [0.5, 0.6) is 0 Å². The zero-order chi connectivity index (χ0) is 14.9. The van der Waals surface area contributed by atoms with Crippen molar-refractivity contribution in [1.29, 1.82) is 0 Å². The Labute approximate surface area is 127 Å². The van der Waals surface area contributed by atoms with E-state index in [0.717, 1.165) is 45.3 Å². The first kappa shape index (κ1) is 15.0. The standard InChI is InChI=1S/C16H24N2O2S/c1-21(19,20)18(15-7-8-15)16-9-11-17(12-10-16)13-14-5-3-2-4-6-14/h2-6,15-16H,7-13H2,1H3. The van der Waals surface area contributed by atoms with Crippen LogP contribution in [0.15, 0.2) is 30.3 Å². The fraction of sp³-hybridized carbons (Fsp3) is 0.625. The number of rotatable bonds is 5. The number of hydrogen-bond acceptors (Lipinski definition) is 3. The van der Waals surface area contributed by atoms with Crippen LogP contribution < -0.4 is 0 Å². The Morgan fingerprint density at radius 2 is 1.62 bits per heavy atom. The molecule has 3 rings (SSSR count). The summed E-state index contributed by atoms with van der Waals surface area (Å²) in [4.78, 5) is 2.43. The minimum absolute atomic E-state index is 0.208. The maximum Gasteiger partial charge on any atom is 0.211 e. The molecule has 2 fully saturated rings. The summed E-state index contributed by atoms with van der Waals surface area (Å²) >= 11 is 0. The molecule has 1 aliphatic heterocycles. The molecule has 2 aliphatic rings. The highest BCUT2D eigenvalue weighted by Crippen LogP contribution is 2.34. The Kier molecular flexibility index (Phi) is 4.33. The van der Waals surface area contributed by atoms with E-state index >= 15 is 0 Å². The average Bonchev–Trinajstić information content (AvgIpc) is 3.25. The van der Waals surface area contributed by atoms with Crippen LogP contribution >= 0.6 is 0 Å². The molecule has 1 saturated carbocycles. The summed E-state index contributed by atoms with van der Waals surface area (Å²) in [5.74, 6) is 0. The molecule has 21 heavy (non-hydrogen) atoms. The minimum atomic E-state index is -3.06. The van der Waals surface area contributed by atoms with Gasteiger partial charge in [0.25, 0.3) is 0 Å². The van der Waals surface area contributed by atoms with Crippen LogP contribution in [0.25, 0.3) is 0 Å². The average molecular weight is 308 g/mol. The number of hydrogen-bond donors (Lipinski definition) is 0. The molecule has 0 unspecified atom stereocenters. The van der Waals surface area contributed by atoms with Gasteiger partial charge in [0, 0.05) is 31.7 Å². The monoisotopic (exact) mass is 308 g/mol. The highest BCUT2D eigenvalue weighted by molar-refractivity contribution is 7.88. The van der Waals surface area contributed by atoms with Gasteiger partial charge in [-0.25, -0.2) is 8.42 Å². The summed E-state index contributed by atoms with van der Waals surface area (Å²) in [6, 6.07) is 11.0. The van der Waals surface area contributed by atoms with Gasteiger partial charge in [-0.15, -0.1) is 0 Å². The maximum atomic E-state index is 12.0. The van der Waals surface area contributed by atoms with E-state index in [9.17, 15) is 8.42 Å². The van der Waals surface area contributed by atoms with Gasteiger partial charge < -0.3 is 0 Å². The number of sulfonamides is 1. The molecule has 4 nitrogen and oxygen atoms in total. The molecule has 0 spiro atoms. The Bertz CT molecular complexity index is 561. The van der Waals surface area contributed by atoms with E-state index in [1.54, 1.807) is 4.31 Å². The number of nitrogens with zero attached hydrogens (tertiary/aromatic N) is 2. The second kappa shape index (κ2) is 6.07. The predicted octanol–water partition coefficient (Wildman–Crippen LogP) is 2.07. The normalized spacial score (nSPS) is 21.8. The van der Waals surface area contributed by atoms with Crippen LogP contribution in [0, 0.1) is 0 Å². The minimum Gasteiger partial charge on any atom is -0.299 e. The van der Waals surface area contributed by atoms with E-state index in [0.29, 0.717) is 0 Å². The highest BCUT2D eigenvalue weighted by Gasteiger charge is 2.40. The van der Waals surface area contributed by atoms with E-state index in [-0.39, 0.29) is 12.1 Å². The summed E-state index contributed by atoms with van der Waals surface area (Å²) in [7, 11) is -3.06. The Morgan fingerprint density at radius 3 is 2.14 bits per heavy atom. The lowest BCUT2D eigenvalue weighted by molar-refractivity contribution is 0.150. The summed E-state index contributed by atoms with van der Waals surface area (Å²) < 4.78 is 25.8. The third-order valence-electron chi connectivity index (χ3n) is 4.46. The molecule has 0 amide bonds. The highest BCUT2D eigenvalue weighted by atomic mass is 32.2. The smallest absolute Gasteiger partial charge is 0.211 e. The SMILES string of the molecule is CS(=O)(=O)N(C1CC1)C1CCN(Cc2ccccc2)CC1. The first-order valence-corrected chi connectivity index (χ1v) is 9.63. The molecular formula is C16H24N2O2S. The molecule has 1 aromatic carbocycles. The van der Waals surface area contributed by atoms with Crippen LogP contribution in [0.1, 0.15) is 31.2 Å². The van der Waals surface area contributed by atoms with Crippen LogP contribution in [-0.4, -0.2) is 49.1 Å². The van der Waals surface area contributed by atoms with Crippen LogP contribution in [0.2, 0.25) is 0 Å². The lowest BCUT2D eigenvalue weighted by Gasteiger charge is -2.37. The van der Waals surface area contributed by atoms with Crippen molar-refractivity contribution >= 4 is 10.0 Å². The molecule has 5 heteroatoms. The number of benzene rings is 1. The summed E-state index contributed by atoms with van der Waals surface area (Å²) in [5.41, 5.74) is 1.33. The summed E-state index contributed by atoms with van der Waals surface area (Å²) in [6.45, 7) is 2.94. The quantitative estimate of drug-likeness (QED) is 0.836. The van der Waals surface area contributed by atoms with Crippen molar-refractivity contribution < 1.29 is 8.42 Å². The van der Waals surface area contributed by atoms with Crippen molar-refractivity contribution in [2.24, 2.45) is 0 Å². The fourth-order valence-electron chi connectivity index (χ4n) is 3.34. The van der Waals surface area contributed by atoms with Crippen molar-refractivity contribution in [3.63, 3.8) is 0 Å². The molecule has 1 aliphatic carbocycles. The maximum absolute atomic E-state index is 12.0. The largest absolute Gasteiger partial charge is 0.299 e. The van der Waals surface area contributed by atoms with E-state index in [1.807, 2.05) is 6.07 Å². The van der Waals surface area contributed by atoms with Crippen molar-refractivity contribution in [1.82, 2.24) is 9.21 Å². The van der Waals surface area contributed by atoms with Gasteiger partial charge in [-0.3, -0.25) is 4.90 Å². The third kappa shape index (κ3) is 3.84. The second-order valence-corrected chi connectivity index (χ2v) is 8.20. The third-order valence-corrected chi connectivity index (χ3v) is 5.82. The first-order valence-electron chi connectivity index (χ1n) is 7.79. The second-order valence-electron chi connectivity index (χ2n) is 6.32. The molecular weight excluding hydrogens is 284 g/mol. The van der Waals surface area contributed by atoms with Gasteiger partial charge in [0.2, 0.25) is 10.0 Å². The van der Waals surface area contributed by atoms with Gasteiger partial charge in [-0.05, 0) is 31.2 Å². The zero-order valence-electron chi connectivity index (χ0n) is 12.6. The molecule has 1 saturated heterocycles. The van der Waals surface area contributed by atoms with Gasteiger partial charge in [0.05, 0.1) is 6.26 Å². The number of likely N-dealkylation sites (tertiary alicyclic amines) is 1. The number of piperidine rings is 1. The van der Waals surface area contributed by atoms with Crippen molar-refractivity contribution in [3.8, 4) is 0 Å². The van der Waals surface area contributed by atoms with Gasteiger partial charge in [-0.2, -0.15) is 4.31 Å².